The van der Waals surface area contributed by atoms with Crippen LogP contribution in [0.4, 0.5) is 0 Å². The molecule has 66 valence electrons. The molecule has 2 nitrogen and oxygen atoms in total. The van der Waals surface area contributed by atoms with Gasteiger partial charge in [-0.15, -0.1) is 11.3 Å². The van der Waals surface area contributed by atoms with Gasteiger partial charge in [0.15, 0.2) is 0 Å². The highest BCUT2D eigenvalue weighted by atomic mass is 35.5. The van der Waals surface area contributed by atoms with Gasteiger partial charge in [-0.05, 0) is 24.8 Å². The van der Waals surface area contributed by atoms with Gasteiger partial charge in [-0.1, -0.05) is 11.6 Å². The molecule has 1 aromatic rings. The minimum Gasteiger partial charge on any atom is -0.462 e. The summed E-state index contributed by atoms with van der Waals surface area (Å²) in [7, 11) is 0. The number of rotatable bonds is 2. The summed E-state index contributed by atoms with van der Waals surface area (Å²) in [5.41, 5.74) is 1.38. The van der Waals surface area contributed by atoms with E-state index in [0.29, 0.717) is 16.5 Å². The molecule has 0 saturated heterocycles. The van der Waals surface area contributed by atoms with E-state index in [1.165, 1.54) is 11.3 Å². The zero-order valence-corrected chi connectivity index (χ0v) is 8.46. The fourth-order valence-electron chi connectivity index (χ4n) is 0.857. The van der Waals surface area contributed by atoms with Crippen molar-refractivity contribution in [3.05, 3.63) is 20.8 Å². The van der Waals surface area contributed by atoms with Crippen LogP contribution in [0.3, 0.4) is 0 Å². The highest BCUT2D eigenvalue weighted by molar-refractivity contribution is 7.15. The SMILES string of the molecule is CCOC(=O)c1c(C)csc1Cl. The molecule has 0 atom stereocenters. The predicted molar refractivity (Wildman–Crippen MR) is 50.0 cm³/mol. The first kappa shape index (κ1) is 9.55. The van der Waals surface area contributed by atoms with E-state index >= 15 is 0 Å². The number of aryl methyl sites for hydroxylation is 1. The molecule has 0 radical (unpaired) electrons. The van der Waals surface area contributed by atoms with E-state index in [1.807, 2.05) is 12.3 Å². The van der Waals surface area contributed by atoms with Gasteiger partial charge in [0.25, 0.3) is 0 Å². The molecule has 0 unspecified atom stereocenters. The van der Waals surface area contributed by atoms with Crippen LogP contribution in [-0.4, -0.2) is 12.6 Å². The smallest absolute Gasteiger partial charge is 0.340 e. The van der Waals surface area contributed by atoms with Crippen molar-refractivity contribution in [3.63, 3.8) is 0 Å². The fraction of sp³-hybridized carbons (Fsp3) is 0.375. The van der Waals surface area contributed by atoms with Gasteiger partial charge in [-0.25, -0.2) is 4.79 Å². The van der Waals surface area contributed by atoms with Crippen LogP contribution < -0.4 is 0 Å². The van der Waals surface area contributed by atoms with Crippen LogP contribution in [0.15, 0.2) is 5.38 Å². The van der Waals surface area contributed by atoms with Crippen LogP contribution in [0.1, 0.15) is 22.8 Å². The summed E-state index contributed by atoms with van der Waals surface area (Å²) in [6, 6.07) is 0. The average molecular weight is 205 g/mol. The van der Waals surface area contributed by atoms with Crippen molar-refractivity contribution in [1.82, 2.24) is 0 Å². The molecule has 12 heavy (non-hydrogen) atoms. The lowest BCUT2D eigenvalue weighted by Gasteiger charge is -2.00. The first-order valence-corrected chi connectivity index (χ1v) is 4.83. The van der Waals surface area contributed by atoms with Crippen molar-refractivity contribution in [2.45, 2.75) is 13.8 Å². The first-order chi connectivity index (χ1) is 5.66. The summed E-state index contributed by atoms with van der Waals surface area (Å²) >= 11 is 7.14. The lowest BCUT2D eigenvalue weighted by molar-refractivity contribution is 0.0526. The fourth-order valence-corrected chi connectivity index (χ4v) is 1.98. The Labute approximate surface area is 80.1 Å². The normalized spacial score (nSPS) is 9.92. The Balaban J connectivity index is 2.93. The molecule has 0 aliphatic heterocycles. The Hall–Kier alpha value is -0.540. The van der Waals surface area contributed by atoms with Crippen LogP contribution in [0, 0.1) is 6.92 Å². The molecule has 0 aliphatic carbocycles. The number of ether oxygens (including phenoxy) is 1. The van der Waals surface area contributed by atoms with Crippen LogP contribution in [0.25, 0.3) is 0 Å². The number of thiophene rings is 1. The third-order valence-electron chi connectivity index (χ3n) is 1.41. The van der Waals surface area contributed by atoms with E-state index in [4.69, 9.17) is 16.3 Å². The molecule has 0 aliphatic rings. The number of hydrogen-bond acceptors (Lipinski definition) is 3. The molecule has 0 bridgehead atoms. The molecule has 1 aromatic heterocycles. The summed E-state index contributed by atoms with van der Waals surface area (Å²) < 4.78 is 5.34. The van der Waals surface area contributed by atoms with E-state index in [-0.39, 0.29) is 5.97 Å². The largest absolute Gasteiger partial charge is 0.462 e. The maximum absolute atomic E-state index is 11.2. The maximum atomic E-state index is 11.2. The Bertz CT molecular complexity index is 274. The maximum Gasteiger partial charge on any atom is 0.340 e. The number of halogens is 1. The summed E-state index contributed by atoms with van der Waals surface area (Å²) in [6.07, 6.45) is 0. The van der Waals surface area contributed by atoms with Crippen LogP contribution >= 0.6 is 22.9 Å². The third-order valence-corrected chi connectivity index (χ3v) is 2.75. The molecule has 0 spiro atoms. The Morgan fingerprint density at radius 2 is 2.42 bits per heavy atom. The van der Waals surface area contributed by atoms with E-state index in [1.54, 1.807) is 6.92 Å². The number of esters is 1. The highest BCUT2D eigenvalue weighted by Crippen LogP contribution is 2.27. The number of carbonyl (C=O) groups excluding carboxylic acids is 1. The molecule has 0 N–H and O–H groups in total. The van der Waals surface area contributed by atoms with Gasteiger partial charge >= 0.3 is 5.97 Å². The van der Waals surface area contributed by atoms with E-state index in [9.17, 15) is 4.79 Å². The van der Waals surface area contributed by atoms with Gasteiger partial charge in [0.1, 0.15) is 4.34 Å². The minimum absolute atomic E-state index is 0.332. The van der Waals surface area contributed by atoms with E-state index in [0.717, 1.165) is 5.56 Å². The summed E-state index contributed by atoms with van der Waals surface area (Å²) in [5, 5.41) is 1.84. The zero-order chi connectivity index (χ0) is 9.14. The zero-order valence-electron chi connectivity index (χ0n) is 6.89. The quantitative estimate of drug-likeness (QED) is 0.693. The van der Waals surface area contributed by atoms with Crippen LogP contribution in [0.5, 0.6) is 0 Å². The van der Waals surface area contributed by atoms with Gasteiger partial charge < -0.3 is 4.74 Å². The Kier molecular flexibility index (Phi) is 3.12. The summed E-state index contributed by atoms with van der Waals surface area (Å²) in [6.45, 7) is 3.99. The molecule has 0 amide bonds. The van der Waals surface area contributed by atoms with E-state index < -0.39 is 0 Å². The first-order valence-electron chi connectivity index (χ1n) is 3.57. The van der Waals surface area contributed by atoms with Crippen molar-refractivity contribution in [3.8, 4) is 0 Å². The van der Waals surface area contributed by atoms with Crippen molar-refractivity contribution < 1.29 is 9.53 Å². The Morgan fingerprint density at radius 1 is 1.75 bits per heavy atom. The molecule has 0 saturated carbocycles. The lowest BCUT2D eigenvalue weighted by Crippen LogP contribution is -2.05. The number of hydrogen-bond donors (Lipinski definition) is 0. The lowest BCUT2D eigenvalue weighted by atomic mass is 10.2. The van der Waals surface area contributed by atoms with Crippen molar-refractivity contribution in [1.29, 1.82) is 0 Å². The standard InChI is InChI=1S/C8H9ClO2S/c1-3-11-8(10)6-5(2)4-12-7(6)9/h4H,3H2,1-2H3. The van der Waals surface area contributed by atoms with Gasteiger partial charge in [0, 0.05) is 0 Å². The minimum atomic E-state index is -0.332. The highest BCUT2D eigenvalue weighted by Gasteiger charge is 2.15. The van der Waals surface area contributed by atoms with Crippen LogP contribution in [-0.2, 0) is 4.74 Å². The van der Waals surface area contributed by atoms with E-state index in [2.05, 4.69) is 0 Å². The average Bonchev–Trinajstić information content (AvgIpc) is 2.32. The molecule has 4 heteroatoms. The van der Waals surface area contributed by atoms with Gasteiger partial charge in [-0.3, -0.25) is 0 Å². The van der Waals surface area contributed by atoms with Gasteiger partial charge in [0.05, 0.1) is 12.2 Å². The molecule has 0 fully saturated rings. The third kappa shape index (κ3) is 1.79. The topological polar surface area (TPSA) is 26.3 Å². The second-order valence-corrected chi connectivity index (χ2v) is 3.77. The number of carbonyl (C=O) groups is 1. The van der Waals surface area contributed by atoms with Crippen molar-refractivity contribution in [2.24, 2.45) is 0 Å². The molecular weight excluding hydrogens is 196 g/mol. The van der Waals surface area contributed by atoms with Gasteiger partial charge in [0.2, 0.25) is 0 Å². The predicted octanol–water partition coefficient (Wildman–Crippen LogP) is 2.89. The molecule has 1 rings (SSSR count). The molecule has 0 aromatic carbocycles. The summed E-state index contributed by atoms with van der Waals surface area (Å²) in [5.74, 6) is -0.332. The van der Waals surface area contributed by atoms with Gasteiger partial charge in [-0.2, -0.15) is 0 Å². The molecular formula is C8H9ClO2S. The van der Waals surface area contributed by atoms with Crippen LogP contribution in [0.2, 0.25) is 4.34 Å². The second kappa shape index (κ2) is 3.92. The second-order valence-electron chi connectivity index (χ2n) is 2.29. The molecule has 1 heterocycles. The van der Waals surface area contributed by atoms with Crippen molar-refractivity contribution >= 4 is 28.9 Å². The Morgan fingerprint density at radius 3 is 2.83 bits per heavy atom. The monoisotopic (exact) mass is 204 g/mol. The van der Waals surface area contributed by atoms with Crippen molar-refractivity contribution in [2.75, 3.05) is 6.61 Å². The summed E-state index contributed by atoms with van der Waals surface area (Å²) in [4.78, 5) is 11.2.